The molecule has 0 spiro atoms. The molecule has 26 heavy (non-hydrogen) atoms. The summed E-state index contributed by atoms with van der Waals surface area (Å²) in [7, 11) is 1.82. The van der Waals surface area contributed by atoms with E-state index in [1.54, 1.807) is 24.3 Å². The summed E-state index contributed by atoms with van der Waals surface area (Å²) in [5, 5.41) is 3.74. The molecule has 5 nitrogen and oxygen atoms in total. The fourth-order valence-electron chi connectivity index (χ4n) is 3.43. The zero-order valence-corrected chi connectivity index (χ0v) is 16.0. The minimum atomic E-state index is -0.279. The molecular formula is C20H23ClN2O3. The van der Waals surface area contributed by atoms with Gasteiger partial charge in [-0.15, -0.1) is 0 Å². The van der Waals surface area contributed by atoms with Crippen LogP contribution in [0.5, 0.6) is 0 Å². The zero-order valence-electron chi connectivity index (χ0n) is 15.3. The Balaban J connectivity index is 1.84. The molecule has 0 aliphatic carbocycles. The van der Waals surface area contributed by atoms with Gasteiger partial charge in [-0.3, -0.25) is 14.9 Å². The third kappa shape index (κ3) is 3.69. The number of nitrogens with zero attached hydrogens (tertiary/aromatic N) is 1. The van der Waals surface area contributed by atoms with Gasteiger partial charge in [-0.1, -0.05) is 11.6 Å². The van der Waals surface area contributed by atoms with Gasteiger partial charge >= 0.3 is 5.97 Å². The van der Waals surface area contributed by atoms with Crippen LogP contribution in [0, 0.1) is 13.8 Å². The Morgan fingerprint density at radius 3 is 2.54 bits per heavy atom. The van der Waals surface area contributed by atoms with E-state index in [4.69, 9.17) is 16.3 Å². The molecule has 1 aromatic carbocycles. The van der Waals surface area contributed by atoms with Crippen molar-refractivity contribution in [1.29, 1.82) is 0 Å². The Labute approximate surface area is 158 Å². The lowest BCUT2D eigenvalue weighted by molar-refractivity contribution is -0.149. The van der Waals surface area contributed by atoms with E-state index < -0.39 is 0 Å². The van der Waals surface area contributed by atoms with Crippen molar-refractivity contribution in [3.63, 3.8) is 0 Å². The number of rotatable bonds is 5. The van der Waals surface area contributed by atoms with Crippen LogP contribution in [0.2, 0.25) is 5.02 Å². The Morgan fingerprint density at radius 2 is 1.92 bits per heavy atom. The number of esters is 1. The lowest BCUT2D eigenvalue weighted by Crippen LogP contribution is -2.28. The van der Waals surface area contributed by atoms with Crippen molar-refractivity contribution in [3.8, 4) is 0 Å². The highest BCUT2D eigenvalue weighted by atomic mass is 35.5. The maximum Gasteiger partial charge on any atom is 0.313 e. The molecule has 0 radical (unpaired) electrons. The molecule has 2 aromatic rings. The minimum Gasteiger partial charge on any atom is -0.446 e. The predicted octanol–water partition coefficient (Wildman–Crippen LogP) is 3.32. The third-order valence-corrected chi connectivity index (χ3v) is 5.26. The molecule has 1 aliphatic rings. The van der Waals surface area contributed by atoms with Crippen LogP contribution in [0.3, 0.4) is 0 Å². The summed E-state index contributed by atoms with van der Waals surface area (Å²) >= 11 is 5.91. The molecule has 0 saturated carbocycles. The van der Waals surface area contributed by atoms with E-state index in [9.17, 15) is 9.59 Å². The number of benzene rings is 1. The number of carbonyl (C=O) groups excluding carboxylic acids is 2. The molecule has 1 aliphatic heterocycles. The molecule has 1 aromatic heterocycles. The highest BCUT2D eigenvalue weighted by Gasteiger charge is 2.25. The average molecular weight is 375 g/mol. The van der Waals surface area contributed by atoms with Crippen molar-refractivity contribution < 1.29 is 14.3 Å². The highest BCUT2D eigenvalue weighted by molar-refractivity contribution is 6.30. The van der Waals surface area contributed by atoms with Crippen LogP contribution in [0.4, 0.5) is 0 Å². The second-order valence-corrected chi connectivity index (χ2v) is 7.13. The van der Waals surface area contributed by atoms with Crippen LogP contribution in [0.15, 0.2) is 24.3 Å². The molecule has 1 saturated heterocycles. The number of ether oxygens (including phenoxy) is 1. The van der Waals surface area contributed by atoms with E-state index in [0.717, 1.165) is 36.2 Å². The number of nitrogens with one attached hydrogen (secondary N) is 1. The van der Waals surface area contributed by atoms with Gasteiger partial charge in [0, 0.05) is 23.3 Å². The van der Waals surface area contributed by atoms with Crippen molar-refractivity contribution in [2.45, 2.75) is 39.3 Å². The Hall–Kier alpha value is -2.11. The van der Waals surface area contributed by atoms with Gasteiger partial charge in [0.2, 0.25) is 5.78 Å². The van der Waals surface area contributed by atoms with Crippen molar-refractivity contribution in [3.05, 3.63) is 57.4 Å². The quantitative estimate of drug-likeness (QED) is 0.644. The Morgan fingerprint density at radius 1 is 1.23 bits per heavy atom. The van der Waals surface area contributed by atoms with Gasteiger partial charge in [-0.25, -0.2) is 0 Å². The van der Waals surface area contributed by atoms with Crippen LogP contribution in [-0.4, -0.2) is 29.1 Å². The number of ketones is 1. The first-order valence-corrected chi connectivity index (χ1v) is 9.14. The van der Waals surface area contributed by atoms with E-state index in [0.29, 0.717) is 16.3 Å². The van der Waals surface area contributed by atoms with E-state index >= 15 is 0 Å². The first kappa shape index (κ1) is 18.7. The van der Waals surface area contributed by atoms with Crippen molar-refractivity contribution in [2.75, 3.05) is 6.54 Å². The fraction of sp³-hybridized carbons (Fsp3) is 0.400. The summed E-state index contributed by atoms with van der Waals surface area (Å²) in [6.07, 6.45) is 1.81. The molecule has 1 N–H and O–H groups in total. The van der Waals surface area contributed by atoms with Crippen LogP contribution >= 0.6 is 11.6 Å². The van der Waals surface area contributed by atoms with Gasteiger partial charge in [0.1, 0.15) is 0 Å². The van der Waals surface area contributed by atoms with E-state index in [1.165, 1.54) is 0 Å². The Kier molecular flexibility index (Phi) is 5.49. The maximum atomic E-state index is 12.9. The molecule has 0 amide bonds. The second kappa shape index (κ2) is 7.64. The summed E-state index contributed by atoms with van der Waals surface area (Å²) in [5.41, 5.74) is 3.80. The average Bonchev–Trinajstić information content (AvgIpc) is 3.18. The molecule has 0 bridgehead atoms. The number of aromatic nitrogens is 1. The van der Waals surface area contributed by atoms with Crippen LogP contribution in [0.1, 0.15) is 45.7 Å². The molecule has 6 heteroatoms. The third-order valence-electron chi connectivity index (χ3n) is 5.01. The van der Waals surface area contributed by atoms with Crippen LogP contribution in [-0.2, 0) is 23.0 Å². The van der Waals surface area contributed by atoms with Crippen molar-refractivity contribution in [1.82, 2.24) is 9.88 Å². The van der Waals surface area contributed by atoms with Gasteiger partial charge in [-0.05, 0) is 68.6 Å². The second-order valence-electron chi connectivity index (χ2n) is 6.69. The molecule has 138 valence electrons. The topological polar surface area (TPSA) is 60.3 Å². The predicted molar refractivity (Wildman–Crippen MR) is 101 cm³/mol. The van der Waals surface area contributed by atoms with Crippen LogP contribution < -0.4 is 5.32 Å². The standard InChI is InChI=1S/C20H23ClN2O3/c1-12-13(2)19(20(25)14-6-8-15(21)9-7-14)23(3)16(12)11-18(24)26-17-5-4-10-22-17/h6-9,17,22H,4-5,10-11H2,1-3H3. The first-order valence-electron chi connectivity index (χ1n) is 8.76. The Bertz CT molecular complexity index is 834. The number of hydrogen-bond donors (Lipinski definition) is 1. The SMILES string of the molecule is Cc1c(C)c(C(=O)c2ccc(Cl)cc2)n(C)c1CC(=O)OC1CCCN1. The highest BCUT2D eigenvalue weighted by Crippen LogP contribution is 2.25. The summed E-state index contributed by atoms with van der Waals surface area (Å²) in [6.45, 7) is 4.72. The van der Waals surface area contributed by atoms with Crippen molar-refractivity contribution in [2.24, 2.45) is 7.05 Å². The normalized spacial score (nSPS) is 16.7. The van der Waals surface area contributed by atoms with Crippen LogP contribution in [0.25, 0.3) is 0 Å². The largest absolute Gasteiger partial charge is 0.446 e. The summed E-state index contributed by atoms with van der Waals surface area (Å²) in [5.74, 6) is -0.361. The lowest BCUT2D eigenvalue weighted by Gasteiger charge is -2.13. The van der Waals surface area contributed by atoms with Gasteiger partial charge in [0.15, 0.2) is 6.23 Å². The van der Waals surface area contributed by atoms with Gasteiger partial charge in [0.05, 0.1) is 12.1 Å². The molecule has 2 heterocycles. The minimum absolute atomic E-state index is 0.0816. The van der Waals surface area contributed by atoms with E-state index in [2.05, 4.69) is 5.32 Å². The first-order chi connectivity index (χ1) is 12.4. The molecule has 1 fully saturated rings. The maximum absolute atomic E-state index is 12.9. The summed E-state index contributed by atoms with van der Waals surface area (Å²) in [6, 6.07) is 6.83. The van der Waals surface area contributed by atoms with Gasteiger partial charge < -0.3 is 9.30 Å². The molecular weight excluding hydrogens is 352 g/mol. The number of carbonyl (C=O) groups is 2. The smallest absolute Gasteiger partial charge is 0.313 e. The summed E-state index contributed by atoms with van der Waals surface area (Å²) in [4.78, 5) is 25.2. The van der Waals surface area contributed by atoms with Gasteiger partial charge in [0.25, 0.3) is 0 Å². The molecule has 1 unspecified atom stereocenters. The molecule has 1 atom stereocenters. The van der Waals surface area contributed by atoms with E-state index in [1.807, 2.05) is 25.5 Å². The van der Waals surface area contributed by atoms with Gasteiger partial charge in [-0.2, -0.15) is 0 Å². The zero-order chi connectivity index (χ0) is 18.8. The van der Waals surface area contributed by atoms with E-state index in [-0.39, 0.29) is 24.4 Å². The number of hydrogen-bond acceptors (Lipinski definition) is 4. The molecule has 3 rings (SSSR count). The summed E-state index contributed by atoms with van der Waals surface area (Å²) < 4.78 is 7.28. The lowest BCUT2D eigenvalue weighted by atomic mass is 10.0. The van der Waals surface area contributed by atoms with Crippen molar-refractivity contribution >= 4 is 23.4 Å². The fourth-order valence-corrected chi connectivity index (χ4v) is 3.56. The monoisotopic (exact) mass is 374 g/mol. The number of halogens is 1.